The van der Waals surface area contributed by atoms with Gasteiger partial charge in [0.15, 0.2) is 0 Å². The summed E-state index contributed by atoms with van der Waals surface area (Å²) >= 11 is 0. The number of aromatic nitrogens is 6. The SMILES string of the molecule is CNC(C)C(=O)NC(CC(C)C)C(=O)N1CC2CC1C(=O)NC(Cc1ccccc1)C(=O)NC(C(=O)O)Cc1ccc(cc1)OCc1cn(nn1)C1CC(C(=O)NC(Cc3ccccc3)C(=O)NC(C(=O)O)Cc3ccc(cc3)OCc3cn2nn3)N(C(=O)C(CC(C)C)NC(O)C(C)NC)C1. The largest absolute Gasteiger partial charge is 0.487 e. The number of likely N-dealkylation sites (tertiary alicyclic amines) is 2. The van der Waals surface area contributed by atoms with Gasteiger partial charge in [0, 0.05) is 57.7 Å². The van der Waals surface area contributed by atoms with Crippen molar-refractivity contribution in [3.05, 3.63) is 155 Å². The predicted octanol–water partition coefficient (Wildman–Crippen LogP) is 1.77. The lowest BCUT2D eigenvalue weighted by Crippen LogP contribution is -2.59. The molecule has 12 rings (SSSR count). The highest BCUT2D eigenvalue weighted by molar-refractivity contribution is 5.97. The van der Waals surface area contributed by atoms with Gasteiger partial charge in [0.25, 0.3) is 0 Å². The van der Waals surface area contributed by atoms with Gasteiger partial charge < -0.3 is 71.8 Å². The second-order valence-electron chi connectivity index (χ2n) is 27.3. The van der Waals surface area contributed by atoms with E-state index in [4.69, 9.17) is 9.47 Å². The van der Waals surface area contributed by atoms with Crippen molar-refractivity contribution in [1.29, 1.82) is 0 Å². The number of rotatable bonds is 19. The number of aliphatic hydroxyl groups is 1. The molecule has 2 fully saturated rings. The molecule has 7 amide bonds. The smallest absolute Gasteiger partial charge is 0.326 e. The molecule has 6 aliphatic rings. The van der Waals surface area contributed by atoms with E-state index in [0.29, 0.717) is 45.1 Å². The third-order valence-corrected chi connectivity index (χ3v) is 18.6. The Labute approximate surface area is 591 Å². The maximum absolute atomic E-state index is 15.0. The number of carbonyl (C=O) groups excluding carboxylic acids is 7. The molecule has 2 saturated heterocycles. The third kappa shape index (κ3) is 20.5. The summed E-state index contributed by atoms with van der Waals surface area (Å²) in [6, 6.07) is 18.2. The van der Waals surface area contributed by atoms with Crippen LogP contribution in [0.5, 0.6) is 11.5 Å². The summed E-state index contributed by atoms with van der Waals surface area (Å²) in [6.07, 6.45) is 2.08. The summed E-state index contributed by atoms with van der Waals surface area (Å²) in [5.41, 5.74) is 3.03. The summed E-state index contributed by atoms with van der Waals surface area (Å²) in [5.74, 6) is -6.58. The van der Waals surface area contributed by atoms with Gasteiger partial charge in [-0.05, 0) is 99.1 Å². The van der Waals surface area contributed by atoms with Gasteiger partial charge in [0.1, 0.15) is 84.6 Å². The Bertz CT molecular complexity index is 3840. The van der Waals surface area contributed by atoms with Crippen molar-refractivity contribution in [3.8, 4) is 11.5 Å². The molecular formula is C72H94N16O14. The standard InChI is InChI=1S/C72H94N16O14/c1-41(2)27-57(77-63(89)43(5)73-7)69(95)85-37-51-33-61(85)67(93)75-55(29-45-15-11-9-12-16-45)65(91)79-59(71(97)98)31-47-21-25-54(26-22-47)102-40-50-36-88(84-82-50)52-34-62(86(38-52)70(96)58(28-42(3)4)78-64(90)44(6)74-8)68(94)76-56(30-46-17-13-10-14-18-46)66(92)80-60(72(99)100)32-48-19-23-53(24-20-48)101-39-49-35-87(51)83-81-49/h9-26,35-36,41-44,51-52,55-63,73-74,77,89H,27-34,37-40H2,1-8H3,(H,75,93)(H,76,94)(H,78,90)(H,79,91)(H,80,92)(H,97,98)(H,99,100). The van der Waals surface area contributed by atoms with Crippen LogP contribution in [0.2, 0.25) is 0 Å². The van der Waals surface area contributed by atoms with Gasteiger partial charge in [0.05, 0.1) is 36.6 Å². The van der Waals surface area contributed by atoms with Crippen molar-refractivity contribution in [2.24, 2.45) is 11.8 Å². The maximum atomic E-state index is 15.0. The first-order chi connectivity index (χ1) is 48.8. The summed E-state index contributed by atoms with van der Waals surface area (Å²) < 4.78 is 15.3. The zero-order valence-electron chi connectivity index (χ0n) is 58.6. The second kappa shape index (κ2) is 35.4. The Balaban J connectivity index is 1.03. The number of aliphatic hydroxyl groups excluding tert-OH is 1. The molecule has 6 aliphatic heterocycles. The number of aliphatic carboxylic acids is 2. The fourth-order valence-corrected chi connectivity index (χ4v) is 12.7. The van der Waals surface area contributed by atoms with E-state index >= 15 is 9.59 Å². The Morgan fingerprint density at radius 3 is 1.35 bits per heavy atom. The van der Waals surface area contributed by atoms with Crippen LogP contribution in [0.15, 0.2) is 122 Å². The average molecular weight is 1410 g/mol. The molecule has 13 unspecified atom stereocenters. The molecule has 12 bridgehead atoms. The lowest BCUT2D eigenvalue weighted by Gasteiger charge is -2.32. The molecule has 0 aliphatic carbocycles. The van der Waals surface area contributed by atoms with Crippen LogP contribution in [0.1, 0.15) is 113 Å². The zero-order chi connectivity index (χ0) is 73.3. The topological polar surface area (TPSA) is 397 Å². The van der Waals surface area contributed by atoms with Gasteiger partial charge in [-0.3, -0.25) is 38.9 Å². The molecule has 0 spiro atoms. The lowest BCUT2D eigenvalue weighted by atomic mass is 10.0. The Kier molecular flexibility index (Phi) is 26.4. The summed E-state index contributed by atoms with van der Waals surface area (Å²) in [4.78, 5) is 132. The summed E-state index contributed by atoms with van der Waals surface area (Å²) in [5, 5.41) is 72.8. The number of hydrogen-bond acceptors (Lipinski definition) is 19. The fourth-order valence-electron chi connectivity index (χ4n) is 12.7. The molecule has 30 heteroatoms. The van der Waals surface area contributed by atoms with Crippen molar-refractivity contribution in [1.82, 2.24) is 82.3 Å². The number of hydrogen-bond donors (Lipinski definition) is 11. The molecule has 13 atom stereocenters. The molecule has 0 saturated carbocycles. The van der Waals surface area contributed by atoms with Gasteiger partial charge in [-0.2, -0.15) is 0 Å². The number of ether oxygens (including phenoxy) is 2. The fraction of sp³-hybridized carbons (Fsp3) is 0.486. The molecule has 546 valence electrons. The number of amides is 7. The second-order valence-corrected chi connectivity index (χ2v) is 27.3. The lowest BCUT2D eigenvalue weighted by molar-refractivity contribution is -0.143. The number of carboxylic acids is 2. The van der Waals surface area contributed by atoms with Gasteiger partial charge in [0.2, 0.25) is 41.4 Å². The summed E-state index contributed by atoms with van der Waals surface area (Å²) in [6.45, 7) is 10.7. The first kappa shape index (κ1) is 76.0. The van der Waals surface area contributed by atoms with Crippen molar-refractivity contribution in [2.75, 3.05) is 27.2 Å². The van der Waals surface area contributed by atoms with Gasteiger partial charge in [-0.15, -0.1) is 10.2 Å². The van der Waals surface area contributed by atoms with Crippen molar-refractivity contribution < 1.29 is 67.9 Å². The minimum atomic E-state index is -1.49. The van der Waals surface area contributed by atoms with E-state index in [1.54, 1.807) is 150 Å². The van der Waals surface area contributed by atoms with Crippen molar-refractivity contribution in [2.45, 2.75) is 185 Å². The van der Waals surface area contributed by atoms with E-state index in [1.165, 1.54) is 19.2 Å². The van der Waals surface area contributed by atoms with Crippen LogP contribution in [-0.4, -0.2) is 202 Å². The monoisotopic (exact) mass is 1410 g/mol. The van der Waals surface area contributed by atoms with E-state index in [9.17, 15) is 48.9 Å². The molecule has 4 aromatic carbocycles. The molecule has 8 heterocycles. The average Bonchev–Trinajstić information content (AvgIpc) is 1.65. The highest BCUT2D eigenvalue weighted by Crippen LogP contribution is 2.32. The van der Waals surface area contributed by atoms with Crippen LogP contribution in [0, 0.1) is 11.8 Å². The zero-order valence-corrected chi connectivity index (χ0v) is 58.6. The molecule has 6 aromatic rings. The van der Waals surface area contributed by atoms with Gasteiger partial charge >= 0.3 is 11.9 Å². The molecule has 11 N–H and O–H groups in total. The predicted molar refractivity (Wildman–Crippen MR) is 371 cm³/mol. The quantitative estimate of drug-likeness (QED) is 0.0515. The van der Waals surface area contributed by atoms with Crippen LogP contribution in [0.3, 0.4) is 0 Å². The first-order valence-electron chi connectivity index (χ1n) is 34.5. The molecule has 102 heavy (non-hydrogen) atoms. The highest BCUT2D eigenvalue weighted by Gasteiger charge is 2.47. The number of nitrogens with one attached hydrogen (secondary N) is 8. The third-order valence-electron chi connectivity index (χ3n) is 18.6. The number of carbonyl (C=O) groups is 9. The first-order valence-corrected chi connectivity index (χ1v) is 34.5. The van der Waals surface area contributed by atoms with Crippen molar-refractivity contribution in [3.63, 3.8) is 0 Å². The Hall–Kier alpha value is -10.2. The van der Waals surface area contributed by atoms with Gasteiger partial charge in [-0.1, -0.05) is 123 Å². The van der Waals surface area contributed by atoms with E-state index in [-0.39, 0.29) is 89.5 Å². The number of nitrogens with zero attached hydrogens (tertiary/aromatic N) is 8. The van der Waals surface area contributed by atoms with Gasteiger partial charge in [-0.25, -0.2) is 19.0 Å². The van der Waals surface area contributed by atoms with E-state index in [0.717, 1.165) is 0 Å². The number of likely N-dealkylation sites (N-methyl/N-ethyl adjacent to an activating group) is 2. The number of carboxylic acid groups (broad SMARTS) is 2. The maximum Gasteiger partial charge on any atom is 0.326 e. The minimum Gasteiger partial charge on any atom is -0.487 e. The van der Waals surface area contributed by atoms with Crippen LogP contribution in [0.25, 0.3) is 0 Å². The van der Waals surface area contributed by atoms with Crippen LogP contribution < -0.4 is 52.0 Å². The Morgan fingerprint density at radius 2 is 0.961 bits per heavy atom. The van der Waals surface area contributed by atoms with Crippen LogP contribution in [0.4, 0.5) is 0 Å². The van der Waals surface area contributed by atoms with E-state index in [1.807, 2.05) is 27.7 Å². The molecule has 0 radical (unpaired) electrons. The highest BCUT2D eigenvalue weighted by atomic mass is 16.5. The van der Waals surface area contributed by atoms with Crippen molar-refractivity contribution >= 4 is 53.3 Å². The normalized spacial score (nSPS) is 22.5. The molecule has 30 nitrogen and oxygen atoms in total. The van der Waals surface area contributed by atoms with Crippen LogP contribution in [-0.2, 0) is 82.0 Å². The minimum absolute atomic E-state index is 0.00505. The van der Waals surface area contributed by atoms with Crippen LogP contribution >= 0.6 is 0 Å². The van der Waals surface area contributed by atoms with E-state index < -0.39 is 132 Å². The Morgan fingerprint density at radius 1 is 0.549 bits per heavy atom. The molecule has 2 aromatic heterocycles. The summed E-state index contributed by atoms with van der Waals surface area (Å²) in [7, 11) is 3.29. The number of benzene rings is 4. The molecular weight excluding hydrogens is 1310 g/mol. The van der Waals surface area contributed by atoms with E-state index in [2.05, 4.69) is 63.2 Å².